The summed E-state index contributed by atoms with van der Waals surface area (Å²) in [5.41, 5.74) is 5.18. The molecule has 2 amide bonds. The van der Waals surface area contributed by atoms with E-state index in [1.165, 1.54) is 18.2 Å². The van der Waals surface area contributed by atoms with Crippen molar-refractivity contribution in [1.29, 1.82) is 0 Å². The number of anilines is 1. The van der Waals surface area contributed by atoms with Crippen molar-refractivity contribution in [3.8, 4) is 0 Å². The molecule has 1 fully saturated rings. The predicted octanol–water partition coefficient (Wildman–Crippen LogP) is 0.894. The molecule has 1 saturated heterocycles. The van der Waals surface area contributed by atoms with Crippen molar-refractivity contribution in [1.82, 2.24) is 14.9 Å². The van der Waals surface area contributed by atoms with Crippen LogP contribution in [0.15, 0.2) is 23.0 Å². The van der Waals surface area contributed by atoms with Crippen molar-refractivity contribution >= 4 is 28.4 Å². The van der Waals surface area contributed by atoms with Crippen LogP contribution in [0.2, 0.25) is 0 Å². The van der Waals surface area contributed by atoms with Gasteiger partial charge in [0.25, 0.3) is 12.0 Å². The number of nitrogen functional groups attached to an aromatic ring is 1. The van der Waals surface area contributed by atoms with Crippen LogP contribution in [0, 0.1) is 0 Å². The molecule has 0 aliphatic carbocycles. The number of rotatable bonds is 2. The molecule has 7 nitrogen and oxygen atoms in total. The average molecular weight is 322 g/mol. The van der Waals surface area contributed by atoms with Crippen LogP contribution in [-0.2, 0) is 9.59 Å². The van der Waals surface area contributed by atoms with Crippen LogP contribution in [0.4, 0.5) is 14.5 Å². The van der Waals surface area contributed by atoms with Crippen molar-refractivity contribution < 1.29 is 18.4 Å². The summed E-state index contributed by atoms with van der Waals surface area (Å²) in [6, 6.07) is 2.93. The van der Waals surface area contributed by atoms with E-state index in [9.17, 15) is 23.2 Å². The number of fused-ring (bicyclic) bond motifs is 1. The van der Waals surface area contributed by atoms with Gasteiger partial charge in [0.05, 0.1) is 10.9 Å². The zero-order chi connectivity index (χ0) is 16.7. The van der Waals surface area contributed by atoms with E-state index >= 15 is 0 Å². The number of alkyl halides is 2. The number of aromatic nitrogens is 2. The minimum Gasteiger partial charge on any atom is -0.399 e. The van der Waals surface area contributed by atoms with Gasteiger partial charge in [-0.05, 0) is 24.6 Å². The Morgan fingerprint density at radius 3 is 2.70 bits per heavy atom. The van der Waals surface area contributed by atoms with Crippen LogP contribution in [0.3, 0.4) is 0 Å². The van der Waals surface area contributed by atoms with E-state index in [0.29, 0.717) is 4.57 Å². The summed E-state index contributed by atoms with van der Waals surface area (Å²) >= 11 is 0. The summed E-state index contributed by atoms with van der Waals surface area (Å²) in [6.45, 7) is 0. The number of halogens is 2. The Morgan fingerprint density at radius 1 is 1.30 bits per heavy atom. The molecule has 2 aromatic rings. The second kappa shape index (κ2) is 5.41. The SMILES string of the molecule is Nc1ccc2nc(C(F)F)n(C3CCC(=O)NC3=O)c(=O)c2c1. The number of hydrogen-bond donors (Lipinski definition) is 2. The minimum absolute atomic E-state index is 0.0408. The number of piperidine rings is 1. The van der Waals surface area contributed by atoms with Crippen molar-refractivity contribution in [3.05, 3.63) is 34.4 Å². The highest BCUT2D eigenvalue weighted by Crippen LogP contribution is 2.25. The summed E-state index contributed by atoms with van der Waals surface area (Å²) in [5.74, 6) is -2.10. The van der Waals surface area contributed by atoms with E-state index in [2.05, 4.69) is 4.98 Å². The molecule has 2 heterocycles. The van der Waals surface area contributed by atoms with Crippen molar-refractivity contribution in [3.63, 3.8) is 0 Å². The lowest BCUT2D eigenvalue weighted by Crippen LogP contribution is -2.45. The number of amides is 2. The molecule has 1 unspecified atom stereocenters. The molecule has 0 radical (unpaired) electrons. The summed E-state index contributed by atoms with van der Waals surface area (Å²) < 4.78 is 27.3. The first kappa shape index (κ1) is 15.1. The molecular formula is C14H12F2N4O3. The number of nitrogens with zero attached hydrogens (tertiary/aromatic N) is 2. The maximum absolute atomic E-state index is 13.3. The van der Waals surface area contributed by atoms with Gasteiger partial charge >= 0.3 is 0 Å². The highest BCUT2D eigenvalue weighted by Gasteiger charge is 2.33. The highest BCUT2D eigenvalue weighted by molar-refractivity contribution is 5.99. The molecule has 0 bridgehead atoms. The van der Waals surface area contributed by atoms with Gasteiger partial charge in [-0.1, -0.05) is 0 Å². The lowest BCUT2D eigenvalue weighted by Gasteiger charge is -2.25. The Bertz CT molecular complexity index is 878. The average Bonchev–Trinajstić information content (AvgIpc) is 2.48. The molecule has 3 rings (SSSR count). The first-order valence-corrected chi connectivity index (χ1v) is 6.82. The van der Waals surface area contributed by atoms with Gasteiger partial charge in [0.15, 0.2) is 5.82 Å². The standard InChI is InChI=1S/C14H12F2N4O3/c15-11(16)12-18-8-2-1-6(17)5-7(8)14(23)20(12)9-3-4-10(21)19-13(9)22/h1-2,5,9,11H,3-4,17H2,(H,19,21,22). The Kier molecular flexibility index (Phi) is 3.55. The number of hydrogen-bond acceptors (Lipinski definition) is 5. The maximum atomic E-state index is 13.3. The fourth-order valence-corrected chi connectivity index (χ4v) is 2.62. The summed E-state index contributed by atoms with van der Waals surface area (Å²) in [4.78, 5) is 39.6. The first-order chi connectivity index (χ1) is 10.9. The Labute approximate surface area is 128 Å². The van der Waals surface area contributed by atoms with E-state index in [1.54, 1.807) is 0 Å². The minimum atomic E-state index is -3.05. The molecule has 9 heteroatoms. The topological polar surface area (TPSA) is 107 Å². The zero-order valence-electron chi connectivity index (χ0n) is 11.8. The van der Waals surface area contributed by atoms with Crippen LogP contribution >= 0.6 is 0 Å². The van der Waals surface area contributed by atoms with E-state index in [-0.39, 0.29) is 29.4 Å². The van der Waals surface area contributed by atoms with Gasteiger partial charge in [-0.2, -0.15) is 0 Å². The zero-order valence-corrected chi connectivity index (χ0v) is 11.8. The van der Waals surface area contributed by atoms with E-state index in [1.807, 2.05) is 5.32 Å². The fourth-order valence-electron chi connectivity index (χ4n) is 2.62. The van der Waals surface area contributed by atoms with Gasteiger partial charge in [0, 0.05) is 12.1 Å². The van der Waals surface area contributed by atoms with Gasteiger partial charge in [-0.25, -0.2) is 13.8 Å². The third-order valence-electron chi connectivity index (χ3n) is 3.67. The molecule has 1 aliphatic heterocycles. The fraction of sp³-hybridized carbons (Fsp3) is 0.286. The van der Waals surface area contributed by atoms with Gasteiger partial charge in [-0.15, -0.1) is 0 Å². The third kappa shape index (κ3) is 2.54. The molecule has 23 heavy (non-hydrogen) atoms. The number of nitrogens with two attached hydrogens (primary N) is 1. The lowest BCUT2D eigenvalue weighted by atomic mass is 10.1. The van der Waals surface area contributed by atoms with Crippen LogP contribution in [-0.4, -0.2) is 21.4 Å². The lowest BCUT2D eigenvalue weighted by molar-refractivity contribution is -0.135. The molecule has 3 N–H and O–H groups in total. The number of benzene rings is 1. The van der Waals surface area contributed by atoms with Crippen LogP contribution in [0.5, 0.6) is 0 Å². The third-order valence-corrected chi connectivity index (χ3v) is 3.67. The van der Waals surface area contributed by atoms with Crippen molar-refractivity contribution in [2.24, 2.45) is 0 Å². The molecule has 1 aliphatic rings. The Hall–Kier alpha value is -2.84. The molecule has 1 atom stereocenters. The molecule has 0 spiro atoms. The van der Waals surface area contributed by atoms with Crippen LogP contribution in [0.1, 0.15) is 31.1 Å². The first-order valence-electron chi connectivity index (χ1n) is 6.82. The van der Waals surface area contributed by atoms with Crippen molar-refractivity contribution in [2.45, 2.75) is 25.3 Å². The second-order valence-electron chi connectivity index (χ2n) is 5.19. The number of nitrogens with one attached hydrogen (secondary N) is 1. The molecular weight excluding hydrogens is 310 g/mol. The monoisotopic (exact) mass is 322 g/mol. The molecule has 1 aromatic carbocycles. The van der Waals surface area contributed by atoms with Gasteiger partial charge in [0.2, 0.25) is 11.8 Å². The van der Waals surface area contributed by atoms with E-state index in [0.717, 1.165) is 0 Å². The summed E-state index contributed by atoms with van der Waals surface area (Å²) in [5, 5.41) is 2.09. The van der Waals surface area contributed by atoms with Crippen LogP contribution < -0.4 is 16.6 Å². The van der Waals surface area contributed by atoms with Crippen LogP contribution in [0.25, 0.3) is 10.9 Å². The number of carbonyl (C=O) groups excluding carboxylic acids is 2. The predicted molar refractivity (Wildman–Crippen MR) is 76.8 cm³/mol. The Morgan fingerprint density at radius 2 is 2.04 bits per heavy atom. The molecule has 0 saturated carbocycles. The smallest absolute Gasteiger partial charge is 0.295 e. The highest BCUT2D eigenvalue weighted by atomic mass is 19.3. The molecule has 1 aromatic heterocycles. The summed E-state index contributed by atoms with van der Waals surface area (Å²) in [7, 11) is 0. The Balaban J connectivity index is 2.27. The number of imide groups is 1. The van der Waals surface area contributed by atoms with Gasteiger partial charge < -0.3 is 5.73 Å². The second-order valence-corrected chi connectivity index (χ2v) is 5.19. The molecule has 120 valence electrons. The quantitative estimate of drug-likeness (QED) is 0.631. The van der Waals surface area contributed by atoms with Gasteiger partial charge in [-0.3, -0.25) is 24.3 Å². The summed E-state index contributed by atoms with van der Waals surface area (Å²) in [6.07, 6.45) is -3.13. The number of carbonyl (C=O) groups is 2. The van der Waals surface area contributed by atoms with Crippen molar-refractivity contribution in [2.75, 3.05) is 5.73 Å². The van der Waals surface area contributed by atoms with E-state index in [4.69, 9.17) is 5.73 Å². The van der Waals surface area contributed by atoms with Gasteiger partial charge in [0.1, 0.15) is 6.04 Å². The normalized spacial score (nSPS) is 18.5. The van der Waals surface area contributed by atoms with E-state index < -0.39 is 35.7 Å². The maximum Gasteiger partial charge on any atom is 0.295 e. The largest absolute Gasteiger partial charge is 0.399 e.